The molecular formula is C13H21N3O. The molecule has 3 unspecified atom stereocenters. The van der Waals surface area contributed by atoms with Crippen LogP contribution in [0.15, 0.2) is 0 Å². The van der Waals surface area contributed by atoms with Crippen molar-refractivity contribution in [2.24, 2.45) is 11.8 Å². The second kappa shape index (κ2) is 7.27. The van der Waals surface area contributed by atoms with E-state index in [1.807, 2.05) is 6.92 Å². The molecule has 0 aliphatic carbocycles. The number of rotatable bonds is 5. The number of hydrogen-bond donors (Lipinski definition) is 1. The van der Waals surface area contributed by atoms with E-state index in [1.54, 1.807) is 0 Å². The lowest BCUT2D eigenvalue weighted by molar-refractivity contribution is 0.0589. The first-order valence-corrected chi connectivity index (χ1v) is 6.34. The quantitative estimate of drug-likeness (QED) is 0.784. The summed E-state index contributed by atoms with van der Waals surface area (Å²) in [4.78, 5) is 2.26. The lowest BCUT2D eigenvalue weighted by Crippen LogP contribution is -2.41. The van der Waals surface area contributed by atoms with Crippen molar-refractivity contribution in [2.75, 3.05) is 19.6 Å². The third-order valence-corrected chi connectivity index (χ3v) is 3.49. The molecule has 0 bridgehead atoms. The van der Waals surface area contributed by atoms with Gasteiger partial charge in [0, 0.05) is 19.5 Å². The summed E-state index contributed by atoms with van der Waals surface area (Å²) in [5.74, 6) is 0.279. The van der Waals surface area contributed by atoms with Gasteiger partial charge in [0.1, 0.15) is 0 Å². The van der Waals surface area contributed by atoms with Crippen molar-refractivity contribution >= 4 is 0 Å². The Balaban J connectivity index is 2.39. The van der Waals surface area contributed by atoms with Crippen LogP contribution in [0.1, 0.15) is 32.6 Å². The van der Waals surface area contributed by atoms with Gasteiger partial charge in [-0.05, 0) is 38.6 Å². The van der Waals surface area contributed by atoms with Gasteiger partial charge in [-0.15, -0.1) is 0 Å². The Morgan fingerprint density at radius 3 is 2.82 bits per heavy atom. The van der Waals surface area contributed by atoms with E-state index >= 15 is 0 Å². The first kappa shape index (κ1) is 14.0. The van der Waals surface area contributed by atoms with Crippen LogP contribution in [0.5, 0.6) is 0 Å². The van der Waals surface area contributed by atoms with Gasteiger partial charge >= 0.3 is 0 Å². The van der Waals surface area contributed by atoms with Crippen molar-refractivity contribution in [2.45, 2.75) is 38.7 Å². The second-order valence-electron chi connectivity index (χ2n) is 4.93. The van der Waals surface area contributed by atoms with Crippen LogP contribution < -0.4 is 0 Å². The third kappa shape index (κ3) is 4.73. The predicted molar refractivity (Wildman–Crippen MR) is 64.8 cm³/mol. The van der Waals surface area contributed by atoms with Crippen LogP contribution in [-0.4, -0.2) is 35.7 Å². The summed E-state index contributed by atoms with van der Waals surface area (Å²) in [6, 6.07) is 4.36. The van der Waals surface area contributed by atoms with Crippen molar-refractivity contribution in [1.82, 2.24) is 4.90 Å². The van der Waals surface area contributed by atoms with Crippen LogP contribution >= 0.6 is 0 Å². The van der Waals surface area contributed by atoms with Crippen molar-refractivity contribution in [3.05, 3.63) is 0 Å². The SMILES string of the molecule is CC(O)C1CCCN(CC(C#N)CCC#N)C1. The monoisotopic (exact) mass is 235 g/mol. The number of nitriles is 2. The molecule has 94 valence electrons. The summed E-state index contributed by atoms with van der Waals surface area (Å²) in [7, 11) is 0. The van der Waals surface area contributed by atoms with E-state index in [0.717, 1.165) is 32.5 Å². The fraction of sp³-hybridized carbons (Fsp3) is 0.846. The molecule has 1 aliphatic heterocycles. The molecule has 1 rings (SSSR count). The van der Waals surface area contributed by atoms with E-state index in [1.165, 1.54) is 0 Å². The molecule has 1 aliphatic rings. The van der Waals surface area contributed by atoms with Gasteiger partial charge in [0.2, 0.25) is 0 Å². The number of hydrogen-bond acceptors (Lipinski definition) is 4. The predicted octanol–water partition coefficient (Wildman–Crippen LogP) is 1.52. The molecule has 0 aromatic carbocycles. The zero-order valence-electron chi connectivity index (χ0n) is 10.5. The summed E-state index contributed by atoms with van der Waals surface area (Å²) in [5.41, 5.74) is 0. The Hall–Kier alpha value is -1.10. The number of likely N-dealkylation sites (tertiary alicyclic amines) is 1. The summed E-state index contributed by atoms with van der Waals surface area (Å²) in [5, 5.41) is 27.1. The van der Waals surface area contributed by atoms with E-state index in [4.69, 9.17) is 10.5 Å². The normalized spacial score (nSPS) is 24.6. The third-order valence-electron chi connectivity index (χ3n) is 3.49. The van der Waals surface area contributed by atoms with E-state index in [0.29, 0.717) is 18.8 Å². The highest BCUT2D eigenvalue weighted by atomic mass is 16.3. The smallest absolute Gasteiger partial charge is 0.0669 e. The fourth-order valence-corrected chi connectivity index (χ4v) is 2.40. The average Bonchev–Trinajstić information content (AvgIpc) is 2.34. The van der Waals surface area contributed by atoms with Crippen molar-refractivity contribution < 1.29 is 5.11 Å². The summed E-state index contributed by atoms with van der Waals surface area (Å²) < 4.78 is 0. The lowest BCUT2D eigenvalue weighted by Gasteiger charge is -2.34. The zero-order valence-corrected chi connectivity index (χ0v) is 10.5. The van der Waals surface area contributed by atoms with Gasteiger partial charge in [0.25, 0.3) is 0 Å². The molecule has 0 radical (unpaired) electrons. The molecule has 4 heteroatoms. The van der Waals surface area contributed by atoms with Gasteiger partial charge in [-0.3, -0.25) is 0 Å². The molecular weight excluding hydrogens is 214 g/mol. The van der Waals surface area contributed by atoms with E-state index < -0.39 is 0 Å². The maximum absolute atomic E-state index is 9.59. The van der Waals surface area contributed by atoms with Gasteiger partial charge in [0.05, 0.1) is 24.2 Å². The first-order valence-electron chi connectivity index (χ1n) is 6.34. The summed E-state index contributed by atoms with van der Waals surface area (Å²) in [6.07, 6.45) is 3.00. The molecule has 0 saturated carbocycles. The highest BCUT2D eigenvalue weighted by Gasteiger charge is 2.24. The minimum Gasteiger partial charge on any atom is -0.393 e. The highest BCUT2D eigenvalue weighted by Crippen LogP contribution is 2.21. The standard InChI is InChI=1S/C13H21N3O/c1-11(17)13-5-3-7-16(10-13)9-12(8-15)4-2-6-14/h11-13,17H,2-5,7,9-10H2,1H3. The molecule has 3 atom stereocenters. The lowest BCUT2D eigenvalue weighted by atomic mass is 9.92. The maximum atomic E-state index is 9.59. The Labute approximate surface area is 103 Å². The number of nitrogens with zero attached hydrogens (tertiary/aromatic N) is 3. The average molecular weight is 235 g/mol. The Bertz CT molecular complexity index is 303. The Morgan fingerprint density at radius 1 is 1.47 bits per heavy atom. The topological polar surface area (TPSA) is 71.0 Å². The van der Waals surface area contributed by atoms with Gasteiger partial charge in [-0.25, -0.2) is 0 Å². The largest absolute Gasteiger partial charge is 0.393 e. The van der Waals surface area contributed by atoms with Crippen molar-refractivity contribution in [3.63, 3.8) is 0 Å². The van der Waals surface area contributed by atoms with Crippen LogP contribution in [0.4, 0.5) is 0 Å². The van der Waals surface area contributed by atoms with Gasteiger partial charge in [-0.1, -0.05) is 0 Å². The van der Waals surface area contributed by atoms with E-state index in [-0.39, 0.29) is 12.0 Å². The molecule has 0 aromatic heterocycles. The van der Waals surface area contributed by atoms with Crippen LogP contribution in [0, 0.1) is 34.5 Å². The van der Waals surface area contributed by atoms with Crippen LogP contribution in [0.2, 0.25) is 0 Å². The maximum Gasteiger partial charge on any atom is 0.0669 e. The first-order chi connectivity index (χ1) is 8.17. The zero-order chi connectivity index (χ0) is 12.7. The van der Waals surface area contributed by atoms with Crippen LogP contribution in [-0.2, 0) is 0 Å². The molecule has 1 heterocycles. The molecule has 1 N–H and O–H groups in total. The highest BCUT2D eigenvalue weighted by molar-refractivity contribution is 4.89. The van der Waals surface area contributed by atoms with E-state index in [9.17, 15) is 5.11 Å². The van der Waals surface area contributed by atoms with Gasteiger partial charge < -0.3 is 10.0 Å². The minimum absolute atomic E-state index is 0.0533. The van der Waals surface area contributed by atoms with Gasteiger partial charge in [0.15, 0.2) is 0 Å². The number of aliphatic hydroxyl groups excluding tert-OH is 1. The molecule has 0 spiro atoms. The van der Waals surface area contributed by atoms with Gasteiger partial charge in [-0.2, -0.15) is 10.5 Å². The Morgan fingerprint density at radius 2 is 2.24 bits per heavy atom. The molecule has 1 saturated heterocycles. The van der Waals surface area contributed by atoms with Crippen molar-refractivity contribution in [3.8, 4) is 12.1 Å². The molecule has 1 fully saturated rings. The number of piperidine rings is 1. The van der Waals surface area contributed by atoms with Crippen molar-refractivity contribution in [1.29, 1.82) is 10.5 Å². The fourth-order valence-electron chi connectivity index (χ4n) is 2.40. The molecule has 0 amide bonds. The molecule has 0 aromatic rings. The summed E-state index contributed by atoms with van der Waals surface area (Å²) in [6.45, 7) is 4.46. The Kier molecular flexibility index (Phi) is 5.97. The minimum atomic E-state index is -0.266. The van der Waals surface area contributed by atoms with Crippen LogP contribution in [0.3, 0.4) is 0 Å². The second-order valence-corrected chi connectivity index (χ2v) is 4.93. The van der Waals surface area contributed by atoms with Crippen LogP contribution in [0.25, 0.3) is 0 Å². The van der Waals surface area contributed by atoms with E-state index in [2.05, 4.69) is 17.0 Å². The molecule has 4 nitrogen and oxygen atoms in total. The number of aliphatic hydroxyl groups is 1. The molecule has 17 heavy (non-hydrogen) atoms. The summed E-state index contributed by atoms with van der Waals surface area (Å²) >= 11 is 0.